The lowest BCUT2D eigenvalue weighted by atomic mass is 9.90. The molecule has 0 radical (unpaired) electrons. The molecule has 4 nitrogen and oxygen atoms in total. The lowest BCUT2D eigenvalue weighted by Crippen LogP contribution is -2.29. The van der Waals surface area contributed by atoms with Crippen LogP contribution < -0.4 is 10.1 Å². The van der Waals surface area contributed by atoms with Gasteiger partial charge in [-0.1, -0.05) is 6.07 Å². The second-order valence-corrected chi connectivity index (χ2v) is 6.63. The Kier molecular flexibility index (Phi) is 3.56. The van der Waals surface area contributed by atoms with Crippen LogP contribution in [0.25, 0.3) is 5.69 Å². The van der Waals surface area contributed by atoms with Gasteiger partial charge < -0.3 is 10.1 Å². The number of hydrogen-bond donors (Lipinski definition) is 1. The van der Waals surface area contributed by atoms with Crippen LogP contribution in [0.15, 0.2) is 36.7 Å². The predicted molar refractivity (Wildman–Crippen MR) is 82.1 cm³/mol. The number of ether oxygens (including phenoxy) is 1. The zero-order valence-corrected chi connectivity index (χ0v) is 13.0. The molecule has 0 bridgehead atoms. The summed E-state index contributed by atoms with van der Waals surface area (Å²) in [5.41, 5.74) is 2.13. The number of nitrogens with zero attached hydrogens (tertiary/aromatic N) is 2. The Morgan fingerprint density at radius 3 is 2.79 bits per heavy atom. The number of hydrogen-bond acceptors (Lipinski definition) is 3. The number of piperidine rings is 1. The van der Waals surface area contributed by atoms with E-state index in [1.165, 1.54) is 43.0 Å². The van der Waals surface area contributed by atoms with Crippen molar-refractivity contribution in [2.45, 2.75) is 31.5 Å². The van der Waals surface area contributed by atoms with Crippen molar-refractivity contribution in [3.8, 4) is 11.4 Å². The fraction of sp³-hybridized carbons (Fsp3) is 0.471. The van der Waals surface area contributed by atoms with Gasteiger partial charge in [-0.15, -0.1) is 13.2 Å². The first kappa shape index (κ1) is 15.5. The van der Waals surface area contributed by atoms with Crippen molar-refractivity contribution in [3.63, 3.8) is 0 Å². The molecule has 24 heavy (non-hydrogen) atoms. The first-order valence-electron chi connectivity index (χ1n) is 8.07. The molecule has 1 spiro atoms. The third kappa shape index (κ3) is 3.00. The molecule has 4 rings (SSSR count). The molecule has 1 aliphatic heterocycles. The van der Waals surface area contributed by atoms with Gasteiger partial charge in [0.25, 0.3) is 0 Å². The van der Waals surface area contributed by atoms with Gasteiger partial charge >= 0.3 is 6.36 Å². The summed E-state index contributed by atoms with van der Waals surface area (Å²) < 4.78 is 42.6. The highest BCUT2D eigenvalue weighted by molar-refractivity contribution is 5.40. The van der Waals surface area contributed by atoms with Gasteiger partial charge in [0.05, 0.1) is 11.9 Å². The maximum Gasteiger partial charge on any atom is 0.573 e. The Bertz CT molecular complexity index is 735. The topological polar surface area (TPSA) is 39.1 Å². The van der Waals surface area contributed by atoms with Crippen molar-refractivity contribution in [1.82, 2.24) is 15.1 Å². The largest absolute Gasteiger partial charge is 0.573 e. The highest BCUT2D eigenvalue weighted by Gasteiger charge is 2.54. The molecule has 1 saturated carbocycles. The molecule has 2 heterocycles. The smallest absolute Gasteiger partial charge is 0.406 e. The Hall–Kier alpha value is -2.02. The average Bonchev–Trinajstić information content (AvgIpc) is 3.01. The minimum atomic E-state index is -4.69. The van der Waals surface area contributed by atoms with Crippen molar-refractivity contribution < 1.29 is 17.9 Å². The van der Waals surface area contributed by atoms with Crippen LogP contribution >= 0.6 is 0 Å². The predicted octanol–water partition coefficient (Wildman–Crippen LogP) is 3.63. The second kappa shape index (κ2) is 5.51. The van der Waals surface area contributed by atoms with Crippen LogP contribution in [0.2, 0.25) is 0 Å². The highest BCUT2D eigenvalue weighted by Crippen LogP contribution is 2.64. The van der Waals surface area contributed by atoms with Crippen LogP contribution in [0.3, 0.4) is 0 Å². The standard InChI is InChI=1S/C17H18F3N3O/c18-17(19,20)24-14-3-1-2-13(8-14)23-11-12(10-22-23)15-9-16(15)4-6-21-7-5-16/h1-3,8,10-11,15,21H,4-7,9H2/t15-/m0/s1. The normalized spacial score (nSPS) is 22.5. The van der Waals surface area contributed by atoms with E-state index in [-0.39, 0.29) is 5.75 Å². The summed E-state index contributed by atoms with van der Waals surface area (Å²) in [6.45, 7) is 2.11. The van der Waals surface area contributed by atoms with Gasteiger partial charge in [0.15, 0.2) is 0 Å². The quantitative estimate of drug-likeness (QED) is 0.930. The molecule has 2 aliphatic rings. The van der Waals surface area contributed by atoms with Crippen molar-refractivity contribution >= 4 is 0 Å². The number of aromatic nitrogens is 2. The van der Waals surface area contributed by atoms with Crippen LogP contribution in [0, 0.1) is 5.41 Å². The molecule has 2 aromatic rings. The van der Waals surface area contributed by atoms with Gasteiger partial charge in [-0.05, 0) is 61.4 Å². The van der Waals surface area contributed by atoms with E-state index >= 15 is 0 Å². The lowest BCUT2D eigenvalue weighted by Gasteiger charge is -2.23. The number of benzene rings is 1. The van der Waals surface area contributed by atoms with Crippen LogP contribution in [-0.2, 0) is 0 Å². The van der Waals surface area contributed by atoms with Gasteiger partial charge in [-0.2, -0.15) is 5.10 Å². The van der Waals surface area contributed by atoms with E-state index in [9.17, 15) is 13.2 Å². The lowest BCUT2D eigenvalue weighted by molar-refractivity contribution is -0.274. The molecular weight excluding hydrogens is 319 g/mol. The molecule has 1 atom stereocenters. The summed E-state index contributed by atoms with van der Waals surface area (Å²) in [5, 5.41) is 7.71. The van der Waals surface area contributed by atoms with Crippen molar-refractivity contribution in [3.05, 3.63) is 42.2 Å². The van der Waals surface area contributed by atoms with Crippen LogP contribution in [0.4, 0.5) is 13.2 Å². The van der Waals surface area contributed by atoms with Crippen molar-refractivity contribution in [2.24, 2.45) is 5.41 Å². The summed E-state index contributed by atoms with van der Waals surface area (Å²) in [7, 11) is 0. The van der Waals surface area contributed by atoms with Crippen LogP contribution in [0.5, 0.6) is 5.75 Å². The average molecular weight is 337 g/mol. The minimum absolute atomic E-state index is 0.238. The number of nitrogens with one attached hydrogen (secondary N) is 1. The number of rotatable bonds is 3. The van der Waals surface area contributed by atoms with E-state index in [0.717, 1.165) is 13.1 Å². The molecule has 7 heteroatoms. The summed E-state index contributed by atoms with van der Waals surface area (Å²) in [4.78, 5) is 0. The molecule has 1 saturated heterocycles. The van der Waals surface area contributed by atoms with Gasteiger partial charge in [0.1, 0.15) is 5.75 Å². The van der Waals surface area contributed by atoms with E-state index in [2.05, 4.69) is 15.2 Å². The Morgan fingerprint density at radius 1 is 1.25 bits per heavy atom. The van der Waals surface area contributed by atoms with Gasteiger partial charge in [0, 0.05) is 12.3 Å². The zero-order chi connectivity index (χ0) is 16.8. The third-order valence-corrected chi connectivity index (χ3v) is 5.11. The van der Waals surface area contributed by atoms with E-state index in [1.807, 2.05) is 12.4 Å². The fourth-order valence-electron chi connectivity index (χ4n) is 3.78. The van der Waals surface area contributed by atoms with Gasteiger partial charge in [-0.25, -0.2) is 4.68 Å². The Morgan fingerprint density at radius 2 is 2.04 bits per heavy atom. The first-order valence-corrected chi connectivity index (χ1v) is 8.07. The van der Waals surface area contributed by atoms with E-state index in [0.29, 0.717) is 17.0 Å². The van der Waals surface area contributed by atoms with Crippen molar-refractivity contribution in [1.29, 1.82) is 0 Å². The van der Waals surface area contributed by atoms with E-state index in [1.54, 1.807) is 10.7 Å². The molecule has 1 aromatic carbocycles. The number of alkyl halides is 3. The molecule has 128 valence electrons. The molecule has 2 fully saturated rings. The molecule has 1 aromatic heterocycles. The third-order valence-electron chi connectivity index (χ3n) is 5.11. The Balaban J connectivity index is 1.52. The molecule has 0 amide bonds. The highest BCUT2D eigenvalue weighted by atomic mass is 19.4. The molecule has 1 N–H and O–H groups in total. The van der Waals surface area contributed by atoms with Crippen LogP contribution in [-0.4, -0.2) is 29.2 Å². The summed E-state index contributed by atoms with van der Waals surface area (Å²) in [6.07, 6.45) is 2.60. The zero-order valence-electron chi connectivity index (χ0n) is 13.0. The summed E-state index contributed by atoms with van der Waals surface area (Å²) >= 11 is 0. The maximum atomic E-state index is 12.3. The summed E-state index contributed by atoms with van der Waals surface area (Å²) in [6, 6.07) is 5.88. The second-order valence-electron chi connectivity index (χ2n) is 6.63. The number of halogens is 3. The molecule has 1 aliphatic carbocycles. The van der Waals surface area contributed by atoms with E-state index < -0.39 is 6.36 Å². The Labute approximate surface area is 137 Å². The molecule has 0 unspecified atom stereocenters. The van der Waals surface area contributed by atoms with Crippen LogP contribution in [0.1, 0.15) is 30.7 Å². The van der Waals surface area contributed by atoms with Gasteiger partial charge in [0.2, 0.25) is 0 Å². The van der Waals surface area contributed by atoms with Gasteiger partial charge in [-0.3, -0.25) is 0 Å². The summed E-state index contributed by atoms with van der Waals surface area (Å²) in [5.74, 6) is 0.279. The fourth-order valence-corrected chi connectivity index (χ4v) is 3.78. The monoisotopic (exact) mass is 337 g/mol. The first-order chi connectivity index (χ1) is 11.5. The minimum Gasteiger partial charge on any atom is -0.406 e. The molecular formula is C17H18F3N3O. The van der Waals surface area contributed by atoms with Crippen molar-refractivity contribution in [2.75, 3.05) is 13.1 Å². The SMILES string of the molecule is FC(F)(F)Oc1cccc(-n2cc([C@@H]3CC34CCNCC4)cn2)c1. The maximum absolute atomic E-state index is 12.3. The van der Waals surface area contributed by atoms with E-state index in [4.69, 9.17) is 0 Å².